The minimum absolute atomic E-state index is 0.0520. The zero-order chi connectivity index (χ0) is 21.9. The van der Waals surface area contributed by atoms with Crippen molar-refractivity contribution in [3.05, 3.63) is 23.8 Å². The Labute approximate surface area is 181 Å². The summed E-state index contributed by atoms with van der Waals surface area (Å²) in [7, 11) is 0. The van der Waals surface area contributed by atoms with Crippen LogP contribution < -0.4 is 5.32 Å². The summed E-state index contributed by atoms with van der Waals surface area (Å²) in [4.78, 5) is 11.7. The van der Waals surface area contributed by atoms with Crippen molar-refractivity contribution in [2.45, 2.75) is 77.4 Å². The first kappa shape index (κ1) is 24.7. The van der Waals surface area contributed by atoms with Gasteiger partial charge in [-0.15, -0.1) is 11.8 Å². The molecule has 0 aromatic carbocycles. The van der Waals surface area contributed by atoms with Crippen LogP contribution in [0.25, 0.3) is 0 Å². The van der Waals surface area contributed by atoms with Gasteiger partial charge in [0.1, 0.15) is 0 Å². The van der Waals surface area contributed by atoms with E-state index in [4.69, 9.17) is 5.11 Å². The van der Waals surface area contributed by atoms with Crippen molar-refractivity contribution >= 4 is 5.91 Å². The normalized spacial score (nSPS) is 28.9. The average molecular weight is 418 g/mol. The molecule has 2 saturated carbocycles. The quantitative estimate of drug-likeness (QED) is 0.236. The molecule has 0 heterocycles. The number of amides is 1. The number of hydrogen-bond donors (Lipinski definition) is 4. The third-order valence-corrected chi connectivity index (χ3v) is 6.52. The number of carbonyl (C=O) groups excluding carboxylic acids is 1. The van der Waals surface area contributed by atoms with Gasteiger partial charge in [0.05, 0.1) is 12.2 Å². The fraction of sp³-hybridized carbons (Fsp3) is 0.720. The van der Waals surface area contributed by atoms with E-state index in [-0.39, 0.29) is 30.5 Å². The Morgan fingerprint density at radius 2 is 2.13 bits per heavy atom. The van der Waals surface area contributed by atoms with Gasteiger partial charge in [0.15, 0.2) is 0 Å². The van der Waals surface area contributed by atoms with E-state index in [1.54, 1.807) is 0 Å². The van der Waals surface area contributed by atoms with Gasteiger partial charge in [0, 0.05) is 31.9 Å². The van der Waals surface area contributed by atoms with Gasteiger partial charge in [-0.05, 0) is 63.2 Å². The van der Waals surface area contributed by atoms with Crippen LogP contribution in [0.15, 0.2) is 23.8 Å². The van der Waals surface area contributed by atoms with Gasteiger partial charge < -0.3 is 20.6 Å². The smallest absolute Gasteiger partial charge is 0.220 e. The molecule has 2 fully saturated rings. The lowest BCUT2D eigenvalue weighted by atomic mass is 9.89. The first-order chi connectivity index (χ1) is 14.5. The van der Waals surface area contributed by atoms with Crippen molar-refractivity contribution in [1.82, 2.24) is 5.32 Å². The van der Waals surface area contributed by atoms with Crippen molar-refractivity contribution in [1.29, 1.82) is 0 Å². The Morgan fingerprint density at radius 1 is 1.33 bits per heavy atom. The third kappa shape index (κ3) is 7.58. The molecule has 0 unspecified atom stereocenters. The van der Waals surface area contributed by atoms with Gasteiger partial charge >= 0.3 is 0 Å². The molecule has 0 aromatic heterocycles. The van der Waals surface area contributed by atoms with Crippen LogP contribution in [-0.2, 0) is 4.79 Å². The fourth-order valence-electron chi connectivity index (χ4n) is 4.72. The molecule has 1 amide bonds. The van der Waals surface area contributed by atoms with Crippen LogP contribution in [0.5, 0.6) is 0 Å². The van der Waals surface area contributed by atoms with Crippen LogP contribution in [0.2, 0.25) is 0 Å². The second kappa shape index (κ2) is 12.9. The number of nitrogens with one attached hydrogen (secondary N) is 1. The maximum Gasteiger partial charge on any atom is 0.220 e. The Balaban J connectivity index is 1.79. The van der Waals surface area contributed by atoms with Crippen LogP contribution >= 0.6 is 0 Å². The van der Waals surface area contributed by atoms with Gasteiger partial charge in [-0.3, -0.25) is 4.79 Å². The van der Waals surface area contributed by atoms with Crippen LogP contribution in [0, 0.1) is 35.5 Å². The van der Waals surface area contributed by atoms with E-state index < -0.39 is 6.10 Å². The summed E-state index contributed by atoms with van der Waals surface area (Å²) in [5.74, 6) is 7.09. The zero-order valence-electron chi connectivity index (χ0n) is 18.5. The molecule has 168 valence electrons. The van der Waals surface area contributed by atoms with Gasteiger partial charge in [-0.2, -0.15) is 0 Å². The van der Waals surface area contributed by atoms with E-state index >= 15 is 0 Å². The lowest BCUT2D eigenvalue weighted by Gasteiger charge is -2.19. The Kier molecular flexibility index (Phi) is 10.6. The molecular weight excluding hydrogens is 378 g/mol. The van der Waals surface area contributed by atoms with E-state index in [9.17, 15) is 15.0 Å². The number of rotatable bonds is 11. The average Bonchev–Trinajstić information content (AvgIpc) is 3.24. The number of allylic oxidation sites excluding steroid dienone is 2. The van der Waals surface area contributed by atoms with Crippen LogP contribution in [0.1, 0.15) is 65.2 Å². The third-order valence-electron chi connectivity index (χ3n) is 6.52. The number of unbranched alkanes of at least 4 members (excludes halogenated alkanes) is 1. The number of aliphatic hydroxyl groups is 3. The van der Waals surface area contributed by atoms with Crippen molar-refractivity contribution in [3.8, 4) is 11.8 Å². The number of aliphatic hydroxyl groups excluding tert-OH is 3. The lowest BCUT2D eigenvalue weighted by molar-refractivity contribution is -0.121. The summed E-state index contributed by atoms with van der Waals surface area (Å²) in [6, 6.07) is 0. The molecule has 5 heteroatoms. The fourth-order valence-corrected chi connectivity index (χ4v) is 4.72. The number of fused-ring (bicyclic) bond motifs is 1. The summed E-state index contributed by atoms with van der Waals surface area (Å²) in [6.07, 6.45) is 11.7. The molecule has 4 N–H and O–H groups in total. The van der Waals surface area contributed by atoms with E-state index in [0.717, 1.165) is 32.1 Å². The molecule has 0 aromatic rings. The minimum atomic E-state index is -0.531. The van der Waals surface area contributed by atoms with Crippen LogP contribution in [0.4, 0.5) is 0 Å². The summed E-state index contributed by atoms with van der Waals surface area (Å²) in [5.41, 5.74) is 1.45. The topological polar surface area (TPSA) is 89.8 Å². The number of hydrogen-bond acceptors (Lipinski definition) is 4. The van der Waals surface area contributed by atoms with Gasteiger partial charge in [-0.1, -0.05) is 30.7 Å². The van der Waals surface area contributed by atoms with Crippen molar-refractivity contribution in [3.63, 3.8) is 0 Å². The molecule has 0 aliphatic heterocycles. The maximum absolute atomic E-state index is 11.7. The first-order valence-electron chi connectivity index (χ1n) is 11.5. The summed E-state index contributed by atoms with van der Waals surface area (Å²) < 4.78 is 0. The van der Waals surface area contributed by atoms with Crippen molar-refractivity contribution < 1.29 is 20.1 Å². The monoisotopic (exact) mass is 417 g/mol. The molecule has 6 atom stereocenters. The summed E-state index contributed by atoms with van der Waals surface area (Å²) in [6.45, 7) is 4.45. The highest BCUT2D eigenvalue weighted by atomic mass is 16.3. The molecule has 2 aliphatic rings. The van der Waals surface area contributed by atoms with Gasteiger partial charge in [0.2, 0.25) is 5.91 Å². The Hall–Kier alpha value is -1.61. The molecule has 30 heavy (non-hydrogen) atoms. The minimum Gasteiger partial charge on any atom is -0.396 e. The van der Waals surface area contributed by atoms with Crippen molar-refractivity contribution in [2.24, 2.45) is 23.7 Å². The standard InChI is InChI=1S/C25H39NO4/c1-3-4-8-18(2)23(28)12-11-21-22-16-19(15-20(22)17-24(21)29)9-5-6-10-25(30)26-13-7-14-27/h9,11-12,18,20-24,27-29H,5-8,10,13-17H2,1-2H3,(H,26,30)/t18-,20-,21+,22-,23+,24+/m0/s1. The molecule has 0 radical (unpaired) electrons. The summed E-state index contributed by atoms with van der Waals surface area (Å²) in [5, 5.41) is 32.4. The predicted molar refractivity (Wildman–Crippen MR) is 119 cm³/mol. The Bertz CT molecular complexity index is 660. The second-order valence-electron chi connectivity index (χ2n) is 8.88. The highest BCUT2D eigenvalue weighted by Crippen LogP contribution is 2.50. The highest BCUT2D eigenvalue weighted by molar-refractivity contribution is 5.75. The number of carbonyl (C=O) groups is 1. The van der Waals surface area contributed by atoms with E-state index in [1.807, 2.05) is 26.0 Å². The van der Waals surface area contributed by atoms with Crippen molar-refractivity contribution in [2.75, 3.05) is 13.2 Å². The highest BCUT2D eigenvalue weighted by Gasteiger charge is 2.44. The van der Waals surface area contributed by atoms with E-state index in [1.165, 1.54) is 5.57 Å². The second-order valence-corrected chi connectivity index (χ2v) is 8.88. The van der Waals surface area contributed by atoms with E-state index in [0.29, 0.717) is 37.6 Å². The summed E-state index contributed by atoms with van der Waals surface area (Å²) >= 11 is 0. The Morgan fingerprint density at radius 3 is 2.87 bits per heavy atom. The van der Waals surface area contributed by atoms with Gasteiger partial charge in [-0.25, -0.2) is 0 Å². The maximum atomic E-state index is 11.7. The molecular formula is C25H39NO4. The first-order valence-corrected chi connectivity index (χ1v) is 11.5. The molecule has 2 aliphatic carbocycles. The lowest BCUT2D eigenvalue weighted by Crippen LogP contribution is -2.24. The largest absolute Gasteiger partial charge is 0.396 e. The molecule has 2 rings (SSSR count). The molecule has 0 saturated heterocycles. The SMILES string of the molecule is CC#CC[C@H](C)[C@H](O)C=C[C@@H]1[C@H]2CC(=CCCCC(=O)NCCCO)C[C@H]2C[C@H]1O. The molecule has 0 bridgehead atoms. The molecule has 0 spiro atoms. The van der Waals surface area contributed by atoms with Crippen LogP contribution in [0.3, 0.4) is 0 Å². The molecule has 5 nitrogen and oxygen atoms in total. The van der Waals surface area contributed by atoms with Crippen LogP contribution in [-0.4, -0.2) is 46.6 Å². The zero-order valence-corrected chi connectivity index (χ0v) is 18.5. The van der Waals surface area contributed by atoms with Gasteiger partial charge in [0.25, 0.3) is 0 Å². The van der Waals surface area contributed by atoms with E-state index in [2.05, 4.69) is 23.2 Å². The predicted octanol–water partition coefficient (Wildman–Crippen LogP) is 2.96.